The van der Waals surface area contributed by atoms with Crippen LogP contribution in [0.4, 0.5) is 0 Å². The zero-order valence-electron chi connectivity index (χ0n) is 9.95. The summed E-state index contributed by atoms with van der Waals surface area (Å²) in [5.74, 6) is 0.302. The number of ether oxygens (including phenoxy) is 1. The van der Waals surface area contributed by atoms with Crippen molar-refractivity contribution >= 4 is 9.84 Å². The number of rotatable bonds is 9. The molecule has 0 aromatic rings. The van der Waals surface area contributed by atoms with Gasteiger partial charge in [0.05, 0.1) is 17.6 Å². The van der Waals surface area contributed by atoms with Crippen molar-refractivity contribution in [1.29, 1.82) is 0 Å². The van der Waals surface area contributed by atoms with Crippen molar-refractivity contribution in [2.24, 2.45) is 0 Å². The zero-order valence-corrected chi connectivity index (χ0v) is 10.8. The van der Waals surface area contributed by atoms with E-state index in [1.807, 2.05) is 0 Å². The first-order valence-corrected chi connectivity index (χ1v) is 7.13. The number of methoxy groups -OCH3 is 1. The van der Waals surface area contributed by atoms with E-state index in [9.17, 15) is 8.42 Å². The third-order valence-electron chi connectivity index (χ3n) is 2.23. The van der Waals surface area contributed by atoms with Gasteiger partial charge in [-0.1, -0.05) is 0 Å². The van der Waals surface area contributed by atoms with Gasteiger partial charge in [-0.25, -0.2) is 8.42 Å². The third-order valence-corrected chi connectivity index (χ3v) is 4.53. The second kappa shape index (κ2) is 8.07. The highest BCUT2D eigenvalue weighted by atomic mass is 32.2. The van der Waals surface area contributed by atoms with Crippen LogP contribution in [0, 0.1) is 0 Å². The lowest BCUT2D eigenvalue weighted by molar-refractivity contribution is 0.199. The highest BCUT2D eigenvalue weighted by molar-refractivity contribution is 7.91. The van der Waals surface area contributed by atoms with Gasteiger partial charge in [0.15, 0.2) is 9.84 Å². The molecular formula is C10H23NO3S. The maximum absolute atomic E-state index is 11.4. The normalized spacial score (nSPS) is 12.3. The van der Waals surface area contributed by atoms with Gasteiger partial charge in [-0.3, -0.25) is 0 Å². The van der Waals surface area contributed by atoms with Crippen molar-refractivity contribution in [1.82, 2.24) is 5.32 Å². The van der Waals surface area contributed by atoms with Crippen LogP contribution in [0.1, 0.15) is 26.7 Å². The molecule has 0 unspecified atom stereocenters. The Morgan fingerprint density at radius 1 is 1.20 bits per heavy atom. The molecular weight excluding hydrogens is 214 g/mol. The lowest BCUT2D eigenvalue weighted by atomic mass is 10.3. The fourth-order valence-electron chi connectivity index (χ4n) is 1.09. The van der Waals surface area contributed by atoms with Gasteiger partial charge in [0.25, 0.3) is 0 Å². The predicted octanol–water partition coefficient (Wildman–Crippen LogP) is 0.826. The fraction of sp³-hybridized carbons (Fsp3) is 1.00. The van der Waals surface area contributed by atoms with Gasteiger partial charge in [0.1, 0.15) is 0 Å². The van der Waals surface area contributed by atoms with Gasteiger partial charge in [0, 0.05) is 13.7 Å². The van der Waals surface area contributed by atoms with E-state index in [1.165, 1.54) is 0 Å². The smallest absolute Gasteiger partial charge is 0.152 e. The van der Waals surface area contributed by atoms with Crippen molar-refractivity contribution in [3.63, 3.8) is 0 Å². The highest BCUT2D eigenvalue weighted by Crippen LogP contribution is 2.03. The molecule has 0 aliphatic carbocycles. The average molecular weight is 237 g/mol. The molecule has 15 heavy (non-hydrogen) atoms. The number of nitrogens with one attached hydrogen (secondary N) is 1. The number of sulfone groups is 1. The number of unbranched alkanes of at least 4 members (excludes halogenated alkanes) is 1. The Kier molecular flexibility index (Phi) is 8.00. The Bertz CT molecular complexity index is 237. The molecule has 0 fully saturated rings. The molecule has 0 heterocycles. The Hall–Kier alpha value is -0.130. The van der Waals surface area contributed by atoms with Crippen LogP contribution in [0.2, 0.25) is 0 Å². The van der Waals surface area contributed by atoms with Crippen LogP contribution >= 0.6 is 0 Å². The molecule has 4 nitrogen and oxygen atoms in total. The minimum atomic E-state index is -2.85. The van der Waals surface area contributed by atoms with E-state index in [-0.39, 0.29) is 5.25 Å². The monoisotopic (exact) mass is 237 g/mol. The summed E-state index contributed by atoms with van der Waals surface area (Å²) in [6.45, 7) is 5.84. The van der Waals surface area contributed by atoms with Crippen molar-refractivity contribution in [3.05, 3.63) is 0 Å². The van der Waals surface area contributed by atoms with Crippen LogP contribution in [0.25, 0.3) is 0 Å². The molecule has 0 aliphatic rings. The van der Waals surface area contributed by atoms with Crippen molar-refractivity contribution in [2.45, 2.75) is 31.9 Å². The first-order valence-electron chi connectivity index (χ1n) is 5.42. The molecule has 0 saturated heterocycles. The maximum Gasteiger partial charge on any atom is 0.152 e. The molecule has 0 rings (SSSR count). The number of hydrogen-bond donors (Lipinski definition) is 1. The molecule has 0 amide bonds. The quantitative estimate of drug-likeness (QED) is 0.603. The topological polar surface area (TPSA) is 55.4 Å². The van der Waals surface area contributed by atoms with E-state index in [0.717, 1.165) is 25.9 Å². The summed E-state index contributed by atoms with van der Waals surface area (Å²) in [5, 5.41) is 2.93. The summed E-state index contributed by atoms with van der Waals surface area (Å²) >= 11 is 0. The lowest BCUT2D eigenvalue weighted by Gasteiger charge is -2.07. The Morgan fingerprint density at radius 2 is 1.87 bits per heavy atom. The third kappa shape index (κ3) is 7.76. The summed E-state index contributed by atoms with van der Waals surface area (Å²) in [6, 6.07) is 0. The summed E-state index contributed by atoms with van der Waals surface area (Å²) < 4.78 is 27.7. The Balaban J connectivity index is 3.39. The van der Waals surface area contributed by atoms with Crippen LogP contribution in [0.3, 0.4) is 0 Å². The molecule has 0 aromatic carbocycles. The van der Waals surface area contributed by atoms with E-state index in [0.29, 0.717) is 12.4 Å². The molecule has 0 aliphatic heterocycles. The molecule has 0 aromatic heterocycles. The van der Waals surface area contributed by atoms with Gasteiger partial charge in [-0.05, 0) is 33.2 Å². The van der Waals surface area contributed by atoms with Crippen LogP contribution < -0.4 is 5.32 Å². The molecule has 92 valence electrons. The molecule has 0 saturated carbocycles. The van der Waals surface area contributed by atoms with Crippen LogP contribution in [0.15, 0.2) is 0 Å². The molecule has 0 bridgehead atoms. The van der Waals surface area contributed by atoms with E-state index in [1.54, 1.807) is 21.0 Å². The minimum Gasteiger partial charge on any atom is -0.383 e. The average Bonchev–Trinajstić information content (AvgIpc) is 2.16. The molecule has 5 heteroatoms. The second-order valence-electron chi connectivity index (χ2n) is 3.87. The molecule has 0 radical (unpaired) electrons. The Labute approximate surface area is 93.3 Å². The fourth-order valence-corrected chi connectivity index (χ4v) is 2.17. The minimum absolute atomic E-state index is 0.251. The maximum atomic E-state index is 11.4. The van der Waals surface area contributed by atoms with Gasteiger partial charge in [-0.2, -0.15) is 0 Å². The molecule has 1 N–H and O–H groups in total. The van der Waals surface area contributed by atoms with Gasteiger partial charge >= 0.3 is 0 Å². The molecule has 0 spiro atoms. The van der Waals surface area contributed by atoms with E-state index >= 15 is 0 Å². The molecule has 0 atom stereocenters. The zero-order chi connectivity index (χ0) is 11.7. The second-order valence-corrected chi connectivity index (χ2v) is 6.54. The summed E-state index contributed by atoms with van der Waals surface area (Å²) in [4.78, 5) is 0. The van der Waals surface area contributed by atoms with E-state index in [4.69, 9.17) is 4.74 Å². The standard InChI is InChI=1S/C10H23NO3S/c1-10(2)15(12,13)9-5-4-6-11-7-8-14-3/h10-11H,4-9H2,1-3H3. The van der Waals surface area contributed by atoms with Crippen LogP contribution in [-0.2, 0) is 14.6 Å². The first-order chi connectivity index (χ1) is 7.00. The first kappa shape index (κ1) is 14.9. The lowest BCUT2D eigenvalue weighted by Crippen LogP contribution is -2.22. The van der Waals surface area contributed by atoms with Crippen molar-refractivity contribution < 1.29 is 13.2 Å². The van der Waals surface area contributed by atoms with Crippen LogP contribution in [0.5, 0.6) is 0 Å². The van der Waals surface area contributed by atoms with Gasteiger partial charge in [0.2, 0.25) is 0 Å². The van der Waals surface area contributed by atoms with Crippen molar-refractivity contribution in [2.75, 3.05) is 32.6 Å². The van der Waals surface area contributed by atoms with Gasteiger partial charge in [-0.15, -0.1) is 0 Å². The number of hydrogen-bond acceptors (Lipinski definition) is 4. The van der Waals surface area contributed by atoms with Crippen LogP contribution in [-0.4, -0.2) is 46.2 Å². The predicted molar refractivity (Wildman–Crippen MR) is 62.9 cm³/mol. The van der Waals surface area contributed by atoms with Crippen molar-refractivity contribution in [3.8, 4) is 0 Å². The van der Waals surface area contributed by atoms with E-state index in [2.05, 4.69) is 5.32 Å². The summed E-state index contributed by atoms with van der Waals surface area (Å²) in [6.07, 6.45) is 1.64. The Morgan fingerprint density at radius 3 is 2.40 bits per heavy atom. The summed E-state index contributed by atoms with van der Waals surface area (Å²) in [5.41, 5.74) is 0. The summed E-state index contributed by atoms with van der Waals surface area (Å²) in [7, 11) is -1.18. The van der Waals surface area contributed by atoms with Gasteiger partial charge < -0.3 is 10.1 Å². The SMILES string of the molecule is COCCNCCCCS(=O)(=O)C(C)C. The van der Waals surface area contributed by atoms with E-state index < -0.39 is 9.84 Å². The largest absolute Gasteiger partial charge is 0.383 e. The highest BCUT2D eigenvalue weighted by Gasteiger charge is 2.14.